The van der Waals surface area contributed by atoms with Crippen LogP contribution in [0, 0.1) is 11.8 Å². The summed E-state index contributed by atoms with van der Waals surface area (Å²) < 4.78 is 0. The second-order valence-corrected chi connectivity index (χ2v) is 5.59. The third-order valence-electron chi connectivity index (χ3n) is 3.82. The van der Waals surface area contributed by atoms with E-state index in [1.807, 2.05) is 13.0 Å². The minimum Gasteiger partial charge on any atom is -0.386 e. The minimum atomic E-state index is -0.580. The summed E-state index contributed by atoms with van der Waals surface area (Å²) in [6, 6.07) is 10.7. The molecule has 1 N–H and O–H groups in total. The first kappa shape index (κ1) is 12.4. The Labute approximate surface area is 104 Å². The average molecular weight is 230 g/mol. The first-order chi connectivity index (χ1) is 8.07. The van der Waals surface area contributed by atoms with Gasteiger partial charge >= 0.3 is 0 Å². The quantitative estimate of drug-likeness (QED) is 0.787. The fraction of sp³-hybridized carbons (Fsp3) is 0.500. The molecule has 92 valence electrons. The molecule has 17 heavy (non-hydrogen) atoms. The topological polar surface area (TPSA) is 20.2 Å². The Morgan fingerprint density at radius 1 is 1.35 bits per heavy atom. The Bertz CT molecular complexity index is 378. The van der Waals surface area contributed by atoms with Crippen molar-refractivity contribution >= 4 is 0 Å². The van der Waals surface area contributed by atoms with Crippen LogP contribution in [0.5, 0.6) is 0 Å². The second-order valence-electron chi connectivity index (χ2n) is 5.59. The van der Waals surface area contributed by atoms with Crippen LogP contribution in [0.25, 0.3) is 0 Å². The third-order valence-corrected chi connectivity index (χ3v) is 3.82. The van der Waals surface area contributed by atoms with Crippen molar-refractivity contribution in [1.29, 1.82) is 0 Å². The van der Waals surface area contributed by atoms with Crippen molar-refractivity contribution < 1.29 is 5.11 Å². The van der Waals surface area contributed by atoms with Crippen LogP contribution in [0.1, 0.15) is 32.3 Å². The second kappa shape index (κ2) is 5.05. The van der Waals surface area contributed by atoms with Crippen molar-refractivity contribution in [3.8, 4) is 0 Å². The van der Waals surface area contributed by atoms with Gasteiger partial charge in [-0.05, 0) is 43.6 Å². The Hall–Kier alpha value is -1.08. The van der Waals surface area contributed by atoms with Crippen LogP contribution < -0.4 is 0 Å². The van der Waals surface area contributed by atoms with Crippen LogP contribution in [0.4, 0.5) is 0 Å². The highest BCUT2D eigenvalue weighted by molar-refractivity contribution is 5.16. The number of rotatable bonds is 3. The molecule has 3 unspecified atom stereocenters. The number of allylic oxidation sites excluding steroid dienone is 1. The van der Waals surface area contributed by atoms with E-state index in [1.54, 1.807) is 0 Å². The van der Waals surface area contributed by atoms with Crippen molar-refractivity contribution in [2.45, 2.75) is 38.7 Å². The lowest BCUT2D eigenvalue weighted by atomic mass is 9.78. The lowest BCUT2D eigenvalue weighted by Gasteiger charge is -2.30. The maximum absolute atomic E-state index is 9.88. The standard InChI is InChI=1S/C16H22O/c1-13(12-14-6-4-3-5-7-14)15-8-10-16(2,17)11-9-15/h3-8,10,13,15,17H,9,11-12H2,1-2H3. The van der Waals surface area contributed by atoms with Gasteiger partial charge in [-0.2, -0.15) is 0 Å². The average Bonchev–Trinajstić information content (AvgIpc) is 2.30. The first-order valence-corrected chi connectivity index (χ1v) is 6.52. The Balaban J connectivity index is 1.96. The summed E-state index contributed by atoms with van der Waals surface area (Å²) in [4.78, 5) is 0. The van der Waals surface area contributed by atoms with E-state index in [0.29, 0.717) is 11.8 Å². The molecule has 0 amide bonds. The smallest absolute Gasteiger partial charge is 0.0800 e. The van der Waals surface area contributed by atoms with E-state index in [9.17, 15) is 5.11 Å². The number of benzene rings is 1. The van der Waals surface area contributed by atoms with E-state index < -0.39 is 5.60 Å². The summed E-state index contributed by atoms with van der Waals surface area (Å²) in [5.41, 5.74) is 0.828. The Kier molecular flexibility index (Phi) is 3.68. The maximum atomic E-state index is 9.88. The zero-order valence-electron chi connectivity index (χ0n) is 10.8. The predicted octanol–water partition coefficient (Wildman–Crippen LogP) is 3.58. The highest BCUT2D eigenvalue weighted by atomic mass is 16.3. The van der Waals surface area contributed by atoms with Gasteiger partial charge in [-0.15, -0.1) is 0 Å². The largest absolute Gasteiger partial charge is 0.386 e. The summed E-state index contributed by atoms with van der Waals surface area (Å²) in [6.07, 6.45) is 7.28. The summed E-state index contributed by atoms with van der Waals surface area (Å²) in [7, 11) is 0. The molecule has 2 rings (SSSR count). The molecule has 0 aliphatic heterocycles. The van der Waals surface area contributed by atoms with Gasteiger partial charge in [0.25, 0.3) is 0 Å². The minimum absolute atomic E-state index is 0.580. The van der Waals surface area contributed by atoms with E-state index in [4.69, 9.17) is 0 Å². The van der Waals surface area contributed by atoms with E-state index in [0.717, 1.165) is 19.3 Å². The normalized spacial score (nSPS) is 30.2. The first-order valence-electron chi connectivity index (χ1n) is 6.52. The molecule has 1 nitrogen and oxygen atoms in total. The lowest BCUT2D eigenvalue weighted by Crippen LogP contribution is -2.28. The van der Waals surface area contributed by atoms with E-state index >= 15 is 0 Å². The zero-order chi connectivity index (χ0) is 12.3. The number of aliphatic hydroxyl groups is 1. The molecule has 3 atom stereocenters. The van der Waals surface area contributed by atoms with Crippen LogP contribution in [0.2, 0.25) is 0 Å². The number of hydrogen-bond donors (Lipinski definition) is 1. The van der Waals surface area contributed by atoms with Crippen molar-refractivity contribution in [2.24, 2.45) is 11.8 Å². The highest BCUT2D eigenvalue weighted by Crippen LogP contribution is 2.31. The molecule has 0 fully saturated rings. The maximum Gasteiger partial charge on any atom is 0.0800 e. The lowest BCUT2D eigenvalue weighted by molar-refractivity contribution is 0.0837. The van der Waals surface area contributed by atoms with Crippen molar-refractivity contribution in [1.82, 2.24) is 0 Å². The van der Waals surface area contributed by atoms with Crippen LogP contribution in [0.15, 0.2) is 42.5 Å². The zero-order valence-corrected chi connectivity index (χ0v) is 10.8. The van der Waals surface area contributed by atoms with Gasteiger partial charge in [0.1, 0.15) is 0 Å². The molecular weight excluding hydrogens is 208 g/mol. The van der Waals surface area contributed by atoms with Crippen molar-refractivity contribution in [2.75, 3.05) is 0 Å². The van der Waals surface area contributed by atoms with Crippen LogP contribution in [-0.4, -0.2) is 10.7 Å². The molecule has 0 aromatic heterocycles. The monoisotopic (exact) mass is 230 g/mol. The van der Waals surface area contributed by atoms with Crippen LogP contribution >= 0.6 is 0 Å². The summed E-state index contributed by atoms with van der Waals surface area (Å²) >= 11 is 0. The van der Waals surface area contributed by atoms with Gasteiger partial charge in [0.15, 0.2) is 0 Å². The molecule has 1 aromatic rings. The molecular formula is C16H22O. The molecule has 0 saturated heterocycles. The van der Waals surface area contributed by atoms with Gasteiger partial charge in [0.05, 0.1) is 5.60 Å². The Morgan fingerprint density at radius 3 is 2.65 bits per heavy atom. The summed E-state index contributed by atoms with van der Waals surface area (Å²) in [5.74, 6) is 1.25. The summed E-state index contributed by atoms with van der Waals surface area (Å²) in [5, 5.41) is 9.88. The molecule has 1 aliphatic rings. The van der Waals surface area contributed by atoms with Gasteiger partial charge in [-0.1, -0.05) is 49.4 Å². The SMILES string of the molecule is CC(Cc1ccccc1)C1C=CC(C)(O)CC1. The van der Waals surface area contributed by atoms with E-state index in [1.165, 1.54) is 5.56 Å². The molecule has 1 heteroatoms. The van der Waals surface area contributed by atoms with Crippen LogP contribution in [-0.2, 0) is 6.42 Å². The number of hydrogen-bond acceptors (Lipinski definition) is 1. The van der Waals surface area contributed by atoms with Gasteiger partial charge in [-0.25, -0.2) is 0 Å². The molecule has 0 saturated carbocycles. The van der Waals surface area contributed by atoms with E-state index in [2.05, 4.69) is 43.3 Å². The molecule has 0 spiro atoms. The van der Waals surface area contributed by atoms with Crippen molar-refractivity contribution in [3.63, 3.8) is 0 Å². The Morgan fingerprint density at radius 2 is 2.06 bits per heavy atom. The summed E-state index contributed by atoms with van der Waals surface area (Å²) in [6.45, 7) is 4.20. The van der Waals surface area contributed by atoms with Gasteiger partial charge < -0.3 is 5.11 Å². The molecule has 0 heterocycles. The molecule has 1 aromatic carbocycles. The third kappa shape index (κ3) is 3.44. The van der Waals surface area contributed by atoms with Crippen molar-refractivity contribution in [3.05, 3.63) is 48.0 Å². The van der Waals surface area contributed by atoms with E-state index in [-0.39, 0.29) is 0 Å². The fourth-order valence-corrected chi connectivity index (χ4v) is 2.58. The van der Waals surface area contributed by atoms with Gasteiger partial charge in [-0.3, -0.25) is 0 Å². The predicted molar refractivity (Wildman–Crippen MR) is 71.8 cm³/mol. The molecule has 0 radical (unpaired) electrons. The van der Waals surface area contributed by atoms with Gasteiger partial charge in [0.2, 0.25) is 0 Å². The molecule has 1 aliphatic carbocycles. The van der Waals surface area contributed by atoms with Crippen LogP contribution in [0.3, 0.4) is 0 Å². The van der Waals surface area contributed by atoms with Gasteiger partial charge in [0, 0.05) is 0 Å². The molecule has 0 bridgehead atoms. The fourth-order valence-electron chi connectivity index (χ4n) is 2.58. The highest BCUT2D eigenvalue weighted by Gasteiger charge is 2.26.